The van der Waals surface area contributed by atoms with Crippen LogP contribution in [0.5, 0.6) is 0 Å². The molecule has 19 heavy (non-hydrogen) atoms. The van der Waals surface area contributed by atoms with E-state index >= 15 is 0 Å². The molecule has 0 saturated heterocycles. The minimum Gasteiger partial charge on any atom is -0.398 e. The molecular formula is C16H19FN2. The van der Waals surface area contributed by atoms with Crippen molar-refractivity contribution in [3.8, 4) is 0 Å². The Bertz CT molecular complexity index is 549. The van der Waals surface area contributed by atoms with Crippen molar-refractivity contribution >= 4 is 11.4 Å². The van der Waals surface area contributed by atoms with Crippen LogP contribution in [-0.2, 0) is 6.54 Å². The van der Waals surface area contributed by atoms with E-state index in [0.29, 0.717) is 12.2 Å². The number of rotatable bonds is 4. The summed E-state index contributed by atoms with van der Waals surface area (Å²) in [6.45, 7) is 5.73. The summed E-state index contributed by atoms with van der Waals surface area (Å²) in [7, 11) is 0. The lowest BCUT2D eigenvalue weighted by Gasteiger charge is -2.24. The minimum atomic E-state index is -0.292. The first-order chi connectivity index (χ1) is 9.10. The molecule has 0 aliphatic heterocycles. The summed E-state index contributed by atoms with van der Waals surface area (Å²) < 4.78 is 13.0. The fourth-order valence-electron chi connectivity index (χ4n) is 2.06. The highest BCUT2D eigenvalue weighted by molar-refractivity contribution is 5.52. The average Bonchev–Trinajstić information content (AvgIpc) is 2.39. The highest BCUT2D eigenvalue weighted by Gasteiger charge is 2.08. The highest BCUT2D eigenvalue weighted by Crippen LogP contribution is 2.21. The Morgan fingerprint density at radius 2 is 1.79 bits per heavy atom. The Balaban J connectivity index is 2.21. The summed E-state index contributed by atoms with van der Waals surface area (Å²) in [4.78, 5) is 2.21. The van der Waals surface area contributed by atoms with Gasteiger partial charge in [0, 0.05) is 24.5 Å². The zero-order chi connectivity index (χ0) is 13.8. The fraction of sp³-hybridized carbons (Fsp3) is 0.250. The summed E-state index contributed by atoms with van der Waals surface area (Å²) in [5.74, 6) is -0.292. The molecule has 0 aliphatic rings. The molecule has 0 fully saturated rings. The van der Waals surface area contributed by atoms with Crippen LogP contribution in [0.1, 0.15) is 18.1 Å². The molecular weight excluding hydrogens is 239 g/mol. The van der Waals surface area contributed by atoms with E-state index in [1.807, 2.05) is 0 Å². The van der Waals surface area contributed by atoms with Gasteiger partial charge < -0.3 is 10.6 Å². The summed E-state index contributed by atoms with van der Waals surface area (Å²) >= 11 is 0. The van der Waals surface area contributed by atoms with Crippen LogP contribution in [-0.4, -0.2) is 6.54 Å². The Kier molecular flexibility index (Phi) is 4.05. The maximum atomic E-state index is 13.0. The van der Waals surface area contributed by atoms with E-state index in [9.17, 15) is 4.39 Å². The third-order valence-corrected chi connectivity index (χ3v) is 3.25. The molecule has 3 heteroatoms. The Morgan fingerprint density at radius 3 is 2.37 bits per heavy atom. The topological polar surface area (TPSA) is 29.3 Å². The predicted octanol–water partition coefficient (Wildman–Crippen LogP) is 3.74. The third kappa shape index (κ3) is 3.25. The average molecular weight is 258 g/mol. The van der Waals surface area contributed by atoms with Gasteiger partial charge in [-0.3, -0.25) is 0 Å². The number of hydrogen-bond acceptors (Lipinski definition) is 2. The zero-order valence-electron chi connectivity index (χ0n) is 11.4. The van der Waals surface area contributed by atoms with Gasteiger partial charge in [0.2, 0.25) is 0 Å². The van der Waals surface area contributed by atoms with Crippen LogP contribution < -0.4 is 10.6 Å². The van der Waals surface area contributed by atoms with Crippen LogP contribution in [0.4, 0.5) is 15.8 Å². The van der Waals surface area contributed by atoms with E-state index in [2.05, 4.69) is 43.0 Å². The normalized spacial score (nSPS) is 10.5. The van der Waals surface area contributed by atoms with Gasteiger partial charge >= 0.3 is 0 Å². The van der Waals surface area contributed by atoms with Crippen molar-refractivity contribution in [2.24, 2.45) is 0 Å². The van der Waals surface area contributed by atoms with Crippen LogP contribution in [0, 0.1) is 12.7 Å². The summed E-state index contributed by atoms with van der Waals surface area (Å²) in [5, 5.41) is 0. The Labute approximate surface area is 113 Å². The van der Waals surface area contributed by atoms with E-state index in [-0.39, 0.29) is 5.82 Å². The van der Waals surface area contributed by atoms with Crippen molar-refractivity contribution in [3.05, 3.63) is 59.4 Å². The molecule has 2 N–H and O–H groups in total. The maximum absolute atomic E-state index is 13.0. The number of benzene rings is 2. The van der Waals surface area contributed by atoms with Crippen LogP contribution in [0.25, 0.3) is 0 Å². The molecule has 0 aliphatic carbocycles. The van der Waals surface area contributed by atoms with Crippen LogP contribution >= 0.6 is 0 Å². The van der Waals surface area contributed by atoms with Gasteiger partial charge in [0.1, 0.15) is 5.82 Å². The van der Waals surface area contributed by atoms with E-state index in [1.165, 1.54) is 17.7 Å². The molecule has 0 unspecified atom stereocenters. The number of nitrogens with two attached hydrogens (primary N) is 1. The van der Waals surface area contributed by atoms with Crippen LogP contribution in [0.15, 0.2) is 42.5 Å². The molecule has 0 radical (unpaired) electrons. The molecule has 2 aromatic carbocycles. The van der Waals surface area contributed by atoms with Crippen molar-refractivity contribution in [1.82, 2.24) is 0 Å². The quantitative estimate of drug-likeness (QED) is 0.846. The number of hydrogen-bond donors (Lipinski definition) is 1. The SMILES string of the molecule is CCN(Cc1ccc(F)cc1N)c1ccc(C)cc1. The molecule has 0 amide bonds. The summed E-state index contributed by atoms with van der Waals surface area (Å²) in [6, 6.07) is 12.9. The van der Waals surface area contributed by atoms with Gasteiger partial charge in [-0.2, -0.15) is 0 Å². The van der Waals surface area contributed by atoms with Gasteiger partial charge in [0.15, 0.2) is 0 Å². The number of nitrogen functional groups attached to an aromatic ring is 1. The van der Waals surface area contributed by atoms with Gasteiger partial charge in [-0.05, 0) is 43.7 Å². The van der Waals surface area contributed by atoms with E-state index in [4.69, 9.17) is 5.73 Å². The van der Waals surface area contributed by atoms with Crippen molar-refractivity contribution in [2.75, 3.05) is 17.2 Å². The van der Waals surface area contributed by atoms with Crippen molar-refractivity contribution in [3.63, 3.8) is 0 Å². The first-order valence-corrected chi connectivity index (χ1v) is 6.45. The van der Waals surface area contributed by atoms with Gasteiger partial charge in [0.05, 0.1) is 0 Å². The molecule has 100 valence electrons. The predicted molar refractivity (Wildman–Crippen MR) is 78.7 cm³/mol. The second-order valence-corrected chi connectivity index (χ2v) is 4.69. The van der Waals surface area contributed by atoms with Crippen molar-refractivity contribution in [1.29, 1.82) is 0 Å². The largest absolute Gasteiger partial charge is 0.398 e. The maximum Gasteiger partial charge on any atom is 0.125 e. The lowest BCUT2D eigenvalue weighted by atomic mass is 10.1. The molecule has 2 nitrogen and oxygen atoms in total. The summed E-state index contributed by atoms with van der Waals surface area (Å²) in [6.07, 6.45) is 0. The Hall–Kier alpha value is -2.03. The molecule has 0 atom stereocenters. The second-order valence-electron chi connectivity index (χ2n) is 4.69. The second kappa shape index (κ2) is 5.74. The highest BCUT2D eigenvalue weighted by atomic mass is 19.1. The van der Waals surface area contributed by atoms with Gasteiger partial charge in [-0.1, -0.05) is 23.8 Å². The molecule has 0 aromatic heterocycles. The number of anilines is 2. The number of nitrogens with zero attached hydrogens (tertiary/aromatic N) is 1. The van der Waals surface area contributed by atoms with Crippen molar-refractivity contribution < 1.29 is 4.39 Å². The number of aryl methyl sites for hydroxylation is 1. The molecule has 0 heterocycles. The first-order valence-electron chi connectivity index (χ1n) is 6.45. The lowest BCUT2D eigenvalue weighted by molar-refractivity contribution is 0.627. The first kappa shape index (κ1) is 13.4. The van der Waals surface area contributed by atoms with Crippen LogP contribution in [0.2, 0.25) is 0 Å². The standard InChI is InChI=1S/C16H19FN2/c1-3-19(15-8-4-12(2)5-9-15)11-13-6-7-14(17)10-16(13)18/h4-10H,3,11,18H2,1-2H3. The Morgan fingerprint density at radius 1 is 1.11 bits per heavy atom. The molecule has 0 saturated carbocycles. The van der Waals surface area contributed by atoms with E-state index < -0.39 is 0 Å². The molecule has 2 rings (SSSR count). The van der Waals surface area contributed by atoms with E-state index in [1.54, 1.807) is 6.07 Å². The number of halogens is 1. The van der Waals surface area contributed by atoms with Gasteiger partial charge in [-0.25, -0.2) is 4.39 Å². The van der Waals surface area contributed by atoms with Crippen LogP contribution in [0.3, 0.4) is 0 Å². The van der Waals surface area contributed by atoms with Crippen molar-refractivity contribution in [2.45, 2.75) is 20.4 Å². The lowest BCUT2D eigenvalue weighted by Crippen LogP contribution is -2.22. The molecule has 2 aromatic rings. The van der Waals surface area contributed by atoms with Gasteiger partial charge in [-0.15, -0.1) is 0 Å². The van der Waals surface area contributed by atoms with Gasteiger partial charge in [0.25, 0.3) is 0 Å². The summed E-state index contributed by atoms with van der Waals surface area (Å²) in [5.41, 5.74) is 9.70. The molecule has 0 bridgehead atoms. The smallest absolute Gasteiger partial charge is 0.125 e. The minimum absolute atomic E-state index is 0.292. The third-order valence-electron chi connectivity index (χ3n) is 3.25. The molecule has 0 spiro atoms. The monoisotopic (exact) mass is 258 g/mol. The fourth-order valence-corrected chi connectivity index (χ4v) is 2.06. The van der Waals surface area contributed by atoms with E-state index in [0.717, 1.165) is 17.8 Å². The zero-order valence-corrected chi connectivity index (χ0v) is 11.4.